The van der Waals surface area contributed by atoms with Crippen LogP contribution in [0, 0.1) is 0 Å². The van der Waals surface area contributed by atoms with E-state index in [4.69, 9.17) is 9.72 Å². The largest absolute Gasteiger partial charge is 0.497 e. The monoisotopic (exact) mass is 381 g/mol. The Morgan fingerprint density at radius 3 is 2.45 bits per heavy atom. The van der Waals surface area contributed by atoms with E-state index in [1.165, 1.54) is 0 Å². The fraction of sp³-hybridized carbons (Fsp3) is 0.0417. The minimum Gasteiger partial charge on any atom is -0.497 e. The fourth-order valence-electron chi connectivity index (χ4n) is 3.04. The summed E-state index contributed by atoms with van der Waals surface area (Å²) in [6.45, 7) is 0. The molecular weight excluding hydrogens is 362 g/mol. The Balaban J connectivity index is 1.63. The molecule has 1 N–H and O–H groups in total. The van der Waals surface area contributed by atoms with Gasteiger partial charge in [-0.2, -0.15) is 5.10 Å². The average Bonchev–Trinajstić information content (AvgIpc) is 2.79. The third-order valence-electron chi connectivity index (χ3n) is 4.53. The topological polar surface area (TPSA) is 63.6 Å². The Kier molecular flexibility index (Phi) is 5.29. The lowest BCUT2D eigenvalue weighted by molar-refractivity contribution is 0.0956. The Hall–Kier alpha value is -3.99. The number of ether oxygens (including phenoxy) is 1. The van der Waals surface area contributed by atoms with Crippen molar-refractivity contribution in [1.82, 2.24) is 10.4 Å². The van der Waals surface area contributed by atoms with Gasteiger partial charge >= 0.3 is 0 Å². The van der Waals surface area contributed by atoms with Gasteiger partial charge in [-0.05, 0) is 42.0 Å². The molecule has 5 nitrogen and oxygen atoms in total. The van der Waals surface area contributed by atoms with E-state index in [9.17, 15) is 4.79 Å². The number of amides is 1. The summed E-state index contributed by atoms with van der Waals surface area (Å²) in [5, 5.41) is 4.88. The summed E-state index contributed by atoms with van der Waals surface area (Å²) in [6, 6.07) is 26.6. The van der Waals surface area contributed by atoms with Crippen LogP contribution in [0.4, 0.5) is 0 Å². The highest BCUT2D eigenvalue weighted by molar-refractivity contribution is 6.07. The SMILES string of the molecule is COc1ccc(C=NNC(=O)c2cc(-c3ccccc3)nc3ccccc23)cc1. The molecule has 29 heavy (non-hydrogen) atoms. The first kappa shape index (κ1) is 18.4. The molecule has 0 aliphatic heterocycles. The quantitative estimate of drug-likeness (QED) is 0.403. The fourth-order valence-corrected chi connectivity index (χ4v) is 3.04. The summed E-state index contributed by atoms with van der Waals surface area (Å²) in [5.41, 5.74) is 6.46. The zero-order valence-corrected chi connectivity index (χ0v) is 15.9. The second kappa shape index (κ2) is 8.35. The molecule has 142 valence electrons. The van der Waals surface area contributed by atoms with Gasteiger partial charge in [0.15, 0.2) is 0 Å². The second-order valence-corrected chi connectivity index (χ2v) is 6.41. The van der Waals surface area contributed by atoms with Gasteiger partial charge in [-0.15, -0.1) is 0 Å². The van der Waals surface area contributed by atoms with E-state index in [0.717, 1.165) is 33.5 Å². The predicted octanol–water partition coefficient (Wildman–Crippen LogP) is 4.67. The number of rotatable bonds is 5. The van der Waals surface area contributed by atoms with Gasteiger partial charge in [-0.3, -0.25) is 4.79 Å². The van der Waals surface area contributed by atoms with Crippen LogP contribution < -0.4 is 10.2 Å². The number of carbonyl (C=O) groups excluding carboxylic acids is 1. The van der Waals surface area contributed by atoms with E-state index >= 15 is 0 Å². The van der Waals surface area contributed by atoms with Crippen LogP contribution in [0.3, 0.4) is 0 Å². The van der Waals surface area contributed by atoms with Crippen molar-refractivity contribution in [2.45, 2.75) is 0 Å². The molecule has 0 saturated carbocycles. The summed E-state index contributed by atoms with van der Waals surface area (Å²) in [6.07, 6.45) is 1.60. The van der Waals surface area contributed by atoms with Gasteiger partial charge in [-0.25, -0.2) is 10.4 Å². The van der Waals surface area contributed by atoms with Gasteiger partial charge in [-0.1, -0.05) is 48.5 Å². The predicted molar refractivity (Wildman–Crippen MR) is 115 cm³/mol. The van der Waals surface area contributed by atoms with Gasteiger partial charge in [0, 0.05) is 10.9 Å². The molecule has 1 amide bonds. The summed E-state index contributed by atoms with van der Waals surface area (Å²) < 4.78 is 5.14. The van der Waals surface area contributed by atoms with E-state index in [-0.39, 0.29) is 5.91 Å². The van der Waals surface area contributed by atoms with Crippen molar-refractivity contribution in [2.24, 2.45) is 5.10 Å². The number of carbonyl (C=O) groups is 1. The minimum atomic E-state index is -0.287. The summed E-state index contributed by atoms with van der Waals surface area (Å²) in [5.74, 6) is 0.480. The molecule has 0 fully saturated rings. The third kappa shape index (κ3) is 4.14. The number of hydrogen-bond acceptors (Lipinski definition) is 4. The molecule has 0 unspecified atom stereocenters. The maximum Gasteiger partial charge on any atom is 0.272 e. The van der Waals surface area contributed by atoms with E-state index in [1.54, 1.807) is 19.4 Å². The molecule has 3 aromatic carbocycles. The number of methoxy groups -OCH3 is 1. The van der Waals surface area contributed by atoms with Crippen LogP contribution in [0.2, 0.25) is 0 Å². The van der Waals surface area contributed by atoms with Crippen LogP contribution in [0.5, 0.6) is 5.75 Å². The highest BCUT2D eigenvalue weighted by atomic mass is 16.5. The van der Waals surface area contributed by atoms with Crippen molar-refractivity contribution in [1.29, 1.82) is 0 Å². The molecule has 0 radical (unpaired) electrons. The average molecular weight is 381 g/mol. The van der Waals surface area contributed by atoms with Gasteiger partial charge < -0.3 is 4.74 Å². The molecule has 4 aromatic rings. The van der Waals surface area contributed by atoms with Gasteiger partial charge in [0.2, 0.25) is 0 Å². The van der Waals surface area contributed by atoms with Crippen LogP contribution in [0.25, 0.3) is 22.2 Å². The maximum atomic E-state index is 12.9. The number of fused-ring (bicyclic) bond motifs is 1. The van der Waals surface area contributed by atoms with Crippen LogP contribution in [0.15, 0.2) is 90.0 Å². The summed E-state index contributed by atoms with van der Waals surface area (Å²) >= 11 is 0. The van der Waals surface area contributed by atoms with Crippen molar-refractivity contribution in [3.05, 3.63) is 96.1 Å². The Morgan fingerprint density at radius 1 is 0.966 bits per heavy atom. The van der Waals surface area contributed by atoms with Crippen LogP contribution in [-0.2, 0) is 0 Å². The standard InChI is InChI=1S/C24H19N3O2/c1-29-19-13-11-17(12-14-19)16-25-27-24(28)21-15-23(18-7-3-2-4-8-18)26-22-10-6-5-9-20(21)22/h2-16H,1H3,(H,27,28). The van der Waals surface area contributed by atoms with Crippen molar-refractivity contribution in [2.75, 3.05) is 7.11 Å². The number of nitrogens with zero attached hydrogens (tertiary/aromatic N) is 2. The Labute approximate surface area is 168 Å². The molecule has 1 heterocycles. The van der Waals surface area contributed by atoms with E-state index in [0.29, 0.717) is 5.56 Å². The summed E-state index contributed by atoms with van der Waals surface area (Å²) in [4.78, 5) is 17.6. The number of nitrogens with one attached hydrogen (secondary N) is 1. The van der Waals surface area contributed by atoms with Gasteiger partial charge in [0.1, 0.15) is 5.75 Å². The number of hydrogen-bond donors (Lipinski definition) is 1. The van der Waals surface area contributed by atoms with Crippen LogP contribution >= 0.6 is 0 Å². The summed E-state index contributed by atoms with van der Waals surface area (Å²) in [7, 11) is 1.62. The van der Waals surface area contributed by atoms with Crippen molar-refractivity contribution < 1.29 is 9.53 Å². The van der Waals surface area contributed by atoms with Crippen molar-refractivity contribution >= 4 is 23.0 Å². The lowest BCUT2D eigenvalue weighted by Gasteiger charge is -2.09. The number of hydrazone groups is 1. The maximum absolute atomic E-state index is 12.9. The molecule has 0 spiro atoms. The first-order chi connectivity index (χ1) is 14.2. The van der Waals surface area contributed by atoms with E-state index < -0.39 is 0 Å². The molecule has 0 bridgehead atoms. The lowest BCUT2D eigenvalue weighted by atomic mass is 10.0. The molecule has 0 aliphatic rings. The van der Waals surface area contributed by atoms with Crippen molar-refractivity contribution in [3.8, 4) is 17.0 Å². The molecule has 0 aliphatic carbocycles. The van der Waals surface area contributed by atoms with Gasteiger partial charge in [0.25, 0.3) is 5.91 Å². The highest BCUT2D eigenvalue weighted by Crippen LogP contribution is 2.24. The first-order valence-corrected chi connectivity index (χ1v) is 9.17. The smallest absolute Gasteiger partial charge is 0.272 e. The van der Waals surface area contributed by atoms with Gasteiger partial charge in [0.05, 0.1) is 30.1 Å². The molecule has 1 aromatic heterocycles. The number of aromatic nitrogens is 1. The zero-order valence-electron chi connectivity index (χ0n) is 15.9. The Bertz CT molecular complexity index is 1170. The zero-order chi connectivity index (χ0) is 20.1. The lowest BCUT2D eigenvalue weighted by Crippen LogP contribution is -2.18. The van der Waals surface area contributed by atoms with Crippen LogP contribution in [0.1, 0.15) is 15.9 Å². The first-order valence-electron chi connectivity index (χ1n) is 9.17. The molecule has 0 atom stereocenters. The normalized spacial score (nSPS) is 10.9. The number of benzene rings is 3. The Morgan fingerprint density at radius 2 is 1.69 bits per heavy atom. The minimum absolute atomic E-state index is 0.287. The molecule has 0 saturated heterocycles. The molecular formula is C24H19N3O2. The van der Waals surface area contributed by atoms with Crippen molar-refractivity contribution in [3.63, 3.8) is 0 Å². The molecule has 5 heteroatoms. The third-order valence-corrected chi connectivity index (χ3v) is 4.53. The van der Waals surface area contributed by atoms with E-state index in [2.05, 4.69) is 10.5 Å². The number of pyridine rings is 1. The molecule has 4 rings (SSSR count). The van der Waals surface area contributed by atoms with E-state index in [1.807, 2.05) is 78.9 Å². The second-order valence-electron chi connectivity index (χ2n) is 6.41. The van der Waals surface area contributed by atoms with Crippen LogP contribution in [-0.4, -0.2) is 24.2 Å². The highest BCUT2D eigenvalue weighted by Gasteiger charge is 2.13. The number of para-hydroxylation sites is 1.